The van der Waals surface area contributed by atoms with Crippen molar-refractivity contribution in [2.24, 2.45) is 0 Å². The maximum absolute atomic E-state index is 9.68. The maximum atomic E-state index is 9.68. The Hall–Kier alpha value is 0.230. The molecule has 0 atom stereocenters. The van der Waals surface area contributed by atoms with E-state index < -0.39 is 5.60 Å². The molecule has 84 valence electrons. The summed E-state index contributed by atoms with van der Waals surface area (Å²) in [6.07, 6.45) is 0. The Balaban J connectivity index is 2.22. The smallest absolute Gasteiger partial charge is 0.0718 e. The van der Waals surface area contributed by atoms with E-state index in [1.165, 1.54) is 0 Å². The quantitative estimate of drug-likeness (QED) is 0.713. The van der Waals surface area contributed by atoms with Crippen molar-refractivity contribution in [3.63, 3.8) is 0 Å². The fourth-order valence-electron chi connectivity index (χ4n) is 1.75. The largest absolute Gasteiger partial charge is 0.389 e. The van der Waals surface area contributed by atoms with Crippen LogP contribution in [0.4, 0.5) is 0 Å². The molecule has 1 N–H and O–H groups in total. The first-order valence-electron chi connectivity index (χ1n) is 5.34. The molecule has 0 spiro atoms. The number of aliphatic hydroxyl groups is 1. The summed E-state index contributed by atoms with van der Waals surface area (Å²) in [7, 11) is 0. The van der Waals surface area contributed by atoms with Gasteiger partial charge in [0.15, 0.2) is 0 Å². The Morgan fingerprint density at radius 1 is 1.21 bits per heavy atom. The van der Waals surface area contributed by atoms with Crippen molar-refractivity contribution >= 4 is 11.9 Å². The van der Waals surface area contributed by atoms with Gasteiger partial charge in [0.2, 0.25) is 0 Å². The lowest BCUT2D eigenvalue weighted by Crippen LogP contribution is -2.48. The van der Waals surface area contributed by atoms with Crippen molar-refractivity contribution in [2.45, 2.75) is 26.4 Å². The molecule has 0 bridgehead atoms. The highest BCUT2D eigenvalue weighted by Crippen LogP contribution is 2.14. The fraction of sp³-hybridized carbons (Fsp3) is 1.00. The molecule has 0 aromatic heterocycles. The van der Waals surface area contributed by atoms with Crippen molar-refractivity contribution in [1.29, 1.82) is 0 Å². The van der Waals surface area contributed by atoms with E-state index in [0.717, 1.165) is 38.5 Å². The predicted octanol–water partition coefficient (Wildman–Crippen LogP) is 1.04. The van der Waals surface area contributed by atoms with Gasteiger partial charge in [-0.1, -0.05) is 18.9 Å². The molecule has 14 heavy (non-hydrogen) atoms. The monoisotopic (exact) mass is 218 g/mol. The van der Waals surface area contributed by atoms with Crippen LogP contribution in [0.1, 0.15) is 20.8 Å². The molecule has 0 unspecified atom stereocenters. The lowest BCUT2D eigenvalue weighted by atomic mass is 10.1. The minimum atomic E-state index is -0.555. The highest BCUT2D eigenvalue weighted by molar-refractivity contribution is 7.96. The molecule has 0 aliphatic carbocycles. The van der Waals surface area contributed by atoms with Crippen LogP contribution in [0.15, 0.2) is 0 Å². The van der Waals surface area contributed by atoms with Crippen molar-refractivity contribution < 1.29 is 5.11 Å². The normalized spacial score (nSPS) is 21.4. The van der Waals surface area contributed by atoms with Crippen LogP contribution < -0.4 is 0 Å². The molecule has 0 aromatic rings. The molecule has 0 amide bonds. The van der Waals surface area contributed by atoms with E-state index in [0.29, 0.717) is 0 Å². The van der Waals surface area contributed by atoms with Crippen molar-refractivity contribution in [3.05, 3.63) is 0 Å². The molecule has 1 fully saturated rings. The van der Waals surface area contributed by atoms with Crippen LogP contribution in [0, 0.1) is 0 Å². The van der Waals surface area contributed by atoms with Gasteiger partial charge in [-0.25, -0.2) is 4.31 Å². The SMILES string of the molecule is CCSN1CCN(CC(C)(C)O)CC1. The number of nitrogens with zero attached hydrogens (tertiary/aromatic N) is 2. The molecule has 0 aromatic carbocycles. The Morgan fingerprint density at radius 2 is 1.79 bits per heavy atom. The van der Waals surface area contributed by atoms with Gasteiger partial charge < -0.3 is 5.11 Å². The predicted molar refractivity (Wildman–Crippen MR) is 62.4 cm³/mol. The first-order valence-corrected chi connectivity index (χ1v) is 6.28. The van der Waals surface area contributed by atoms with E-state index in [1.807, 2.05) is 25.8 Å². The van der Waals surface area contributed by atoms with Crippen LogP contribution in [-0.2, 0) is 0 Å². The number of hydrogen-bond donors (Lipinski definition) is 1. The lowest BCUT2D eigenvalue weighted by Gasteiger charge is -2.36. The topological polar surface area (TPSA) is 26.7 Å². The van der Waals surface area contributed by atoms with Crippen LogP contribution in [-0.4, -0.2) is 58.4 Å². The molecule has 0 radical (unpaired) electrons. The van der Waals surface area contributed by atoms with Gasteiger partial charge >= 0.3 is 0 Å². The zero-order valence-corrected chi connectivity index (χ0v) is 10.3. The summed E-state index contributed by atoms with van der Waals surface area (Å²) in [6.45, 7) is 11.1. The van der Waals surface area contributed by atoms with Crippen molar-refractivity contribution in [3.8, 4) is 0 Å². The first kappa shape index (κ1) is 12.3. The molecule has 1 aliphatic rings. The summed E-state index contributed by atoms with van der Waals surface area (Å²) in [5, 5.41) is 9.68. The second kappa shape index (κ2) is 5.35. The third-order valence-electron chi connectivity index (χ3n) is 2.25. The first-order chi connectivity index (χ1) is 6.51. The third kappa shape index (κ3) is 4.64. The molecule has 1 heterocycles. The zero-order chi connectivity index (χ0) is 10.6. The summed E-state index contributed by atoms with van der Waals surface area (Å²) in [5.74, 6) is 1.16. The molecule has 4 heteroatoms. The van der Waals surface area contributed by atoms with E-state index in [1.54, 1.807) is 0 Å². The van der Waals surface area contributed by atoms with Crippen LogP contribution in [0.3, 0.4) is 0 Å². The second-order valence-electron chi connectivity index (χ2n) is 4.44. The number of hydrogen-bond acceptors (Lipinski definition) is 4. The van der Waals surface area contributed by atoms with E-state index in [9.17, 15) is 5.11 Å². The van der Waals surface area contributed by atoms with E-state index >= 15 is 0 Å². The van der Waals surface area contributed by atoms with Gasteiger partial charge in [-0.15, -0.1) is 0 Å². The summed E-state index contributed by atoms with van der Waals surface area (Å²) in [4.78, 5) is 2.34. The summed E-state index contributed by atoms with van der Waals surface area (Å²) >= 11 is 1.92. The number of piperazine rings is 1. The molecule has 3 nitrogen and oxygen atoms in total. The third-order valence-corrected chi connectivity index (χ3v) is 3.24. The Bertz CT molecular complexity index is 162. The molecule has 0 saturated carbocycles. The minimum Gasteiger partial charge on any atom is -0.389 e. The van der Waals surface area contributed by atoms with Crippen LogP contribution >= 0.6 is 11.9 Å². The molecule has 1 saturated heterocycles. The van der Waals surface area contributed by atoms with Crippen LogP contribution in [0.2, 0.25) is 0 Å². The molecule has 1 aliphatic heterocycles. The standard InChI is InChI=1S/C10H22N2OS/c1-4-14-12-7-5-11(6-8-12)9-10(2,3)13/h13H,4-9H2,1-3H3. The minimum absolute atomic E-state index is 0.555. The maximum Gasteiger partial charge on any atom is 0.0718 e. The lowest BCUT2D eigenvalue weighted by molar-refractivity contribution is 0.0270. The van der Waals surface area contributed by atoms with Crippen molar-refractivity contribution in [2.75, 3.05) is 38.5 Å². The second-order valence-corrected chi connectivity index (χ2v) is 5.79. The zero-order valence-electron chi connectivity index (χ0n) is 9.49. The summed E-state index contributed by atoms with van der Waals surface area (Å²) < 4.78 is 2.42. The van der Waals surface area contributed by atoms with Gasteiger partial charge in [0.1, 0.15) is 0 Å². The number of β-amino-alcohol motifs (C(OH)–C–C–N with tert-alkyl or cyclic N) is 1. The van der Waals surface area contributed by atoms with Crippen LogP contribution in [0.5, 0.6) is 0 Å². The highest BCUT2D eigenvalue weighted by atomic mass is 32.2. The summed E-state index contributed by atoms with van der Waals surface area (Å²) in [6, 6.07) is 0. The summed E-state index contributed by atoms with van der Waals surface area (Å²) in [5.41, 5.74) is -0.555. The molecular weight excluding hydrogens is 196 g/mol. The number of rotatable bonds is 4. The Labute approximate surface area is 91.6 Å². The molecule has 1 rings (SSSR count). The van der Waals surface area contributed by atoms with Crippen molar-refractivity contribution in [1.82, 2.24) is 9.21 Å². The Morgan fingerprint density at radius 3 is 2.21 bits per heavy atom. The fourth-order valence-corrected chi connectivity index (χ4v) is 2.53. The average molecular weight is 218 g/mol. The van der Waals surface area contributed by atoms with E-state index in [2.05, 4.69) is 16.1 Å². The van der Waals surface area contributed by atoms with Crippen LogP contribution in [0.25, 0.3) is 0 Å². The average Bonchev–Trinajstić information content (AvgIpc) is 2.06. The Kier molecular flexibility index (Phi) is 4.70. The van der Waals surface area contributed by atoms with E-state index in [-0.39, 0.29) is 0 Å². The van der Waals surface area contributed by atoms with Gasteiger partial charge in [-0.2, -0.15) is 0 Å². The van der Waals surface area contributed by atoms with Gasteiger partial charge in [0, 0.05) is 38.5 Å². The van der Waals surface area contributed by atoms with Gasteiger partial charge in [0.25, 0.3) is 0 Å². The van der Waals surface area contributed by atoms with E-state index in [4.69, 9.17) is 0 Å². The highest BCUT2D eigenvalue weighted by Gasteiger charge is 2.22. The van der Waals surface area contributed by atoms with Gasteiger partial charge in [0.05, 0.1) is 5.60 Å². The molecular formula is C10H22N2OS. The van der Waals surface area contributed by atoms with Gasteiger partial charge in [-0.05, 0) is 13.8 Å². The van der Waals surface area contributed by atoms with Gasteiger partial charge in [-0.3, -0.25) is 4.90 Å².